The van der Waals surface area contributed by atoms with Crippen molar-refractivity contribution in [2.24, 2.45) is 0 Å². The highest BCUT2D eigenvalue weighted by Gasteiger charge is 2.40. The topological polar surface area (TPSA) is 77.1 Å². The van der Waals surface area contributed by atoms with Gasteiger partial charge in [0.1, 0.15) is 0 Å². The minimum absolute atomic E-state index is 0.0534. The van der Waals surface area contributed by atoms with Crippen molar-refractivity contribution in [2.45, 2.75) is 32.5 Å². The first-order valence-corrected chi connectivity index (χ1v) is 12.2. The first-order chi connectivity index (χ1) is 18.2. The molecule has 6 rings (SSSR count). The third-order valence-electron chi connectivity index (χ3n) is 6.59. The zero-order chi connectivity index (χ0) is 26.6. The van der Waals surface area contributed by atoms with E-state index < -0.39 is 17.8 Å². The van der Waals surface area contributed by atoms with Crippen LogP contribution in [0.2, 0.25) is 5.02 Å². The van der Waals surface area contributed by atoms with Gasteiger partial charge in [-0.05, 0) is 43.0 Å². The fourth-order valence-electron chi connectivity index (χ4n) is 4.80. The second-order valence-corrected chi connectivity index (χ2v) is 9.59. The van der Waals surface area contributed by atoms with E-state index in [0.717, 1.165) is 21.3 Å². The molecule has 1 aliphatic carbocycles. The van der Waals surface area contributed by atoms with E-state index in [1.54, 1.807) is 35.0 Å². The molecule has 0 bridgehead atoms. The van der Waals surface area contributed by atoms with E-state index in [2.05, 4.69) is 20.5 Å². The Kier molecular flexibility index (Phi) is 5.71. The van der Waals surface area contributed by atoms with E-state index in [0.29, 0.717) is 23.6 Å². The number of halogens is 4. The van der Waals surface area contributed by atoms with Gasteiger partial charge in [0, 0.05) is 34.0 Å². The molecule has 0 aliphatic heterocycles. The molecule has 192 valence electrons. The number of nitrogens with zero attached hydrogens (tertiary/aromatic N) is 5. The number of aromatic nitrogens is 5. The summed E-state index contributed by atoms with van der Waals surface area (Å²) in [4.78, 5) is 17.5. The number of hydrogen-bond acceptors (Lipinski definition) is 4. The van der Waals surface area contributed by atoms with Crippen LogP contribution in [0, 0.1) is 6.92 Å². The van der Waals surface area contributed by atoms with Crippen molar-refractivity contribution in [1.29, 1.82) is 0 Å². The summed E-state index contributed by atoms with van der Waals surface area (Å²) in [5.41, 5.74) is 2.56. The molecule has 0 radical (unpaired) electrons. The van der Waals surface area contributed by atoms with E-state index in [1.807, 2.05) is 31.2 Å². The van der Waals surface area contributed by atoms with Crippen molar-refractivity contribution >= 4 is 29.0 Å². The molecule has 0 fully saturated rings. The number of anilines is 1. The minimum Gasteiger partial charge on any atom is -0.304 e. The average Bonchev–Trinajstić information content (AvgIpc) is 3.45. The van der Waals surface area contributed by atoms with Gasteiger partial charge >= 0.3 is 6.18 Å². The van der Waals surface area contributed by atoms with Gasteiger partial charge in [0.2, 0.25) is 0 Å². The SMILES string of the molecule is Cc1cc(NC(=O)c2cc3nc4c(c(C(F)(F)F)n3n2)CCc2ccccc2-4)nn1Cc1ccc(Cl)cc1. The van der Waals surface area contributed by atoms with Crippen molar-refractivity contribution in [2.75, 3.05) is 5.32 Å². The van der Waals surface area contributed by atoms with Crippen molar-refractivity contribution in [3.8, 4) is 11.3 Å². The average molecular weight is 537 g/mol. The molecule has 7 nitrogen and oxygen atoms in total. The predicted octanol–water partition coefficient (Wildman–Crippen LogP) is 5.97. The Bertz CT molecular complexity index is 1700. The maximum absolute atomic E-state index is 14.3. The largest absolute Gasteiger partial charge is 0.433 e. The highest BCUT2D eigenvalue weighted by Crippen LogP contribution is 2.40. The number of rotatable bonds is 4. The fourth-order valence-corrected chi connectivity index (χ4v) is 4.93. The van der Waals surface area contributed by atoms with Crippen LogP contribution in [0.15, 0.2) is 60.7 Å². The van der Waals surface area contributed by atoms with Gasteiger partial charge in [0.25, 0.3) is 5.91 Å². The van der Waals surface area contributed by atoms with Gasteiger partial charge in [-0.25, -0.2) is 9.50 Å². The van der Waals surface area contributed by atoms with Gasteiger partial charge in [-0.1, -0.05) is 48.0 Å². The number of carbonyl (C=O) groups excluding carboxylic acids is 1. The van der Waals surface area contributed by atoms with Crippen LogP contribution in [0.3, 0.4) is 0 Å². The van der Waals surface area contributed by atoms with Crippen LogP contribution in [0.25, 0.3) is 16.9 Å². The number of benzene rings is 2. The van der Waals surface area contributed by atoms with Crippen LogP contribution < -0.4 is 5.32 Å². The predicted molar refractivity (Wildman–Crippen MR) is 136 cm³/mol. The first kappa shape index (κ1) is 24.2. The van der Waals surface area contributed by atoms with Crippen molar-refractivity contribution in [3.05, 3.63) is 99.5 Å². The number of alkyl halides is 3. The number of hydrogen-bond donors (Lipinski definition) is 1. The summed E-state index contributed by atoms with van der Waals surface area (Å²) in [6.45, 7) is 2.30. The lowest BCUT2D eigenvalue weighted by Crippen LogP contribution is -2.21. The van der Waals surface area contributed by atoms with Crippen LogP contribution in [-0.4, -0.2) is 30.3 Å². The smallest absolute Gasteiger partial charge is 0.304 e. The Morgan fingerprint density at radius 2 is 1.82 bits per heavy atom. The molecule has 0 spiro atoms. The molecule has 11 heteroatoms. The molecule has 1 N–H and O–H groups in total. The van der Waals surface area contributed by atoms with Gasteiger partial charge < -0.3 is 5.32 Å². The Morgan fingerprint density at radius 3 is 2.58 bits per heavy atom. The van der Waals surface area contributed by atoms with Crippen LogP contribution in [0.5, 0.6) is 0 Å². The Morgan fingerprint density at radius 1 is 1.05 bits per heavy atom. The molecule has 3 heterocycles. The summed E-state index contributed by atoms with van der Waals surface area (Å²) in [6.07, 6.45) is -4.04. The van der Waals surface area contributed by atoms with Gasteiger partial charge in [-0.3, -0.25) is 9.48 Å². The summed E-state index contributed by atoms with van der Waals surface area (Å²) < 4.78 is 45.3. The maximum Gasteiger partial charge on any atom is 0.433 e. The highest BCUT2D eigenvalue weighted by atomic mass is 35.5. The van der Waals surface area contributed by atoms with E-state index in [1.165, 1.54) is 6.07 Å². The maximum atomic E-state index is 14.3. The highest BCUT2D eigenvalue weighted by molar-refractivity contribution is 6.30. The Labute approximate surface area is 219 Å². The summed E-state index contributed by atoms with van der Waals surface area (Å²) in [5.74, 6) is -0.422. The lowest BCUT2D eigenvalue weighted by atomic mass is 9.88. The Hall–Kier alpha value is -4.18. The monoisotopic (exact) mass is 536 g/mol. The second kappa shape index (κ2) is 8.98. The van der Waals surface area contributed by atoms with Crippen molar-refractivity contribution < 1.29 is 18.0 Å². The van der Waals surface area contributed by atoms with Crippen molar-refractivity contribution in [3.63, 3.8) is 0 Å². The molecular weight excluding hydrogens is 517 g/mol. The Balaban J connectivity index is 1.34. The summed E-state index contributed by atoms with van der Waals surface area (Å²) >= 11 is 5.94. The lowest BCUT2D eigenvalue weighted by Gasteiger charge is -2.23. The van der Waals surface area contributed by atoms with Gasteiger partial charge in [-0.2, -0.15) is 23.4 Å². The van der Waals surface area contributed by atoms with E-state index >= 15 is 0 Å². The molecule has 38 heavy (non-hydrogen) atoms. The number of nitrogens with one attached hydrogen (secondary N) is 1. The van der Waals surface area contributed by atoms with Gasteiger partial charge in [-0.15, -0.1) is 0 Å². The number of amides is 1. The molecule has 5 aromatic rings. The third-order valence-corrected chi connectivity index (χ3v) is 6.84. The van der Waals surface area contributed by atoms with Crippen LogP contribution in [0.1, 0.15) is 38.6 Å². The number of fused-ring (bicyclic) bond motifs is 4. The van der Waals surface area contributed by atoms with E-state index in [9.17, 15) is 18.0 Å². The normalized spacial score (nSPS) is 12.9. The van der Waals surface area contributed by atoms with Gasteiger partial charge in [0.15, 0.2) is 22.9 Å². The molecule has 1 amide bonds. The summed E-state index contributed by atoms with van der Waals surface area (Å²) in [6, 6.07) is 17.5. The molecule has 0 unspecified atom stereocenters. The molecule has 0 saturated carbocycles. The van der Waals surface area contributed by atoms with Crippen LogP contribution >= 0.6 is 11.6 Å². The third kappa shape index (κ3) is 4.30. The fraction of sp³-hybridized carbons (Fsp3) is 0.185. The second-order valence-electron chi connectivity index (χ2n) is 9.15. The zero-order valence-electron chi connectivity index (χ0n) is 20.1. The number of aryl methyl sites for hydroxylation is 2. The lowest BCUT2D eigenvalue weighted by molar-refractivity contribution is -0.143. The molecule has 0 saturated heterocycles. The molecule has 3 aromatic heterocycles. The zero-order valence-corrected chi connectivity index (χ0v) is 20.8. The van der Waals surface area contributed by atoms with Crippen LogP contribution in [-0.2, 0) is 25.6 Å². The standard InChI is InChI=1S/C27H20ClF3N6O/c1-15-12-22(35-36(15)14-16-6-9-18(28)10-7-16)32-26(38)21-13-23-33-24-19-5-3-2-4-17(19)8-11-20(24)25(27(29,30)31)37(23)34-21/h2-7,9-10,12-13H,8,11,14H2,1H3,(H,32,35,38). The molecule has 0 atom stereocenters. The molecular formula is C27H20ClF3N6O. The van der Waals surface area contributed by atoms with Gasteiger partial charge in [0.05, 0.1) is 12.2 Å². The quantitative estimate of drug-likeness (QED) is 0.307. The van der Waals surface area contributed by atoms with Crippen molar-refractivity contribution in [1.82, 2.24) is 24.4 Å². The molecule has 1 aliphatic rings. The van der Waals surface area contributed by atoms with E-state index in [-0.39, 0.29) is 34.8 Å². The van der Waals surface area contributed by atoms with Crippen LogP contribution in [0.4, 0.5) is 19.0 Å². The number of carbonyl (C=O) groups is 1. The minimum atomic E-state index is -4.69. The first-order valence-electron chi connectivity index (χ1n) is 11.9. The summed E-state index contributed by atoms with van der Waals surface area (Å²) in [7, 11) is 0. The molecule has 2 aromatic carbocycles. The van der Waals surface area contributed by atoms with E-state index in [4.69, 9.17) is 11.6 Å². The summed E-state index contributed by atoms with van der Waals surface area (Å²) in [5, 5.41) is 11.7.